The second kappa shape index (κ2) is 12.2. The zero-order valence-electron chi connectivity index (χ0n) is 22.6. The second-order valence-electron chi connectivity index (χ2n) is 8.81. The van der Waals surface area contributed by atoms with Crippen molar-refractivity contribution in [2.45, 2.75) is 6.92 Å². The molecule has 2 aromatic heterocycles. The zero-order chi connectivity index (χ0) is 29.1. The van der Waals surface area contributed by atoms with Gasteiger partial charge in [0.1, 0.15) is 15.7 Å². The highest BCUT2D eigenvalue weighted by Crippen LogP contribution is 2.43. The highest BCUT2D eigenvalue weighted by Gasteiger charge is 2.18. The Hall–Kier alpha value is -4.13. The first-order valence-corrected chi connectivity index (χ1v) is 14.8. The molecule has 0 aliphatic carbocycles. The largest absolute Gasteiger partial charge is 0.493 e. The minimum absolute atomic E-state index is 0.189. The zero-order valence-corrected chi connectivity index (χ0v) is 25.8. The molecule has 5 aromatic rings. The van der Waals surface area contributed by atoms with Crippen molar-refractivity contribution in [2.75, 3.05) is 37.7 Å². The molecule has 0 radical (unpaired) electrons. The van der Waals surface area contributed by atoms with Crippen LogP contribution in [0.1, 0.15) is 15.9 Å². The number of hydrogen-bond acceptors (Lipinski definition) is 10. The summed E-state index contributed by atoms with van der Waals surface area (Å²) >= 11 is 6.35. The molecular weight excluding hydrogens is 626 g/mol. The van der Waals surface area contributed by atoms with Crippen molar-refractivity contribution in [1.82, 2.24) is 9.97 Å². The number of thiazole rings is 2. The molecule has 0 spiro atoms. The van der Waals surface area contributed by atoms with Crippen LogP contribution in [0.2, 0.25) is 0 Å². The lowest BCUT2D eigenvalue weighted by atomic mass is 10.1. The molecule has 0 atom stereocenters. The van der Waals surface area contributed by atoms with Gasteiger partial charge in [-0.2, -0.15) is 0 Å². The monoisotopic (exact) mass is 651 g/mol. The van der Waals surface area contributed by atoms with Crippen molar-refractivity contribution in [2.24, 2.45) is 0 Å². The number of carbonyl (C=O) groups is 1. The summed E-state index contributed by atoms with van der Waals surface area (Å²) < 4.78 is 17.2. The Morgan fingerprint density at radius 1 is 0.951 bits per heavy atom. The number of carbonyl (C=O) groups excluding carboxylic acids is 1. The second-order valence-corrected chi connectivity index (χ2v) is 11.5. The molecule has 0 unspecified atom stereocenters. The molecule has 41 heavy (non-hydrogen) atoms. The summed E-state index contributed by atoms with van der Waals surface area (Å²) in [4.78, 5) is 22.9. The lowest BCUT2D eigenvalue weighted by Gasteiger charge is -2.14. The van der Waals surface area contributed by atoms with Gasteiger partial charge in [-0.1, -0.05) is 45.5 Å². The van der Waals surface area contributed by atoms with Gasteiger partial charge in [-0.25, -0.2) is 9.97 Å². The number of halogens is 1. The number of nitrogens with zero attached hydrogens (tertiary/aromatic N) is 2. The first kappa shape index (κ1) is 28.4. The number of methoxy groups -OCH3 is 3. The van der Waals surface area contributed by atoms with E-state index in [0.717, 1.165) is 31.2 Å². The van der Waals surface area contributed by atoms with Gasteiger partial charge >= 0.3 is 0 Å². The van der Waals surface area contributed by atoms with Crippen LogP contribution in [-0.2, 0) is 0 Å². The quantitative estimate of drug-likeness (QED) is 0.149. The molecule has 12 heteroatoms. The smallest absolute Gasteiger partial charge is 0.255 e. The maximum absolute atomic E-state index is 12.8. The van der Waals surface area contributed by atoms with Crippen LogP contribution in [0.25, 0.3) is 21.1 Å². The van der Waals surface area contributed by atoms with E-state index in [1.54, 1.807) is 39.5 Å². The molecule has 3 aromatic carbocycles. The van der Waals surface area contributed by atoms with E-state index < -0.39 is 0 Å². The molecule has 210 valence electrons. The summed E-state index contributed by atoms with van der Waals surface area (Å²) in [6, 6.07) is 16.7. The van der Waals surface area contributed by atoms with E-state index in [0.29, 0.717) is 45.1 Å². The molecule has 0 bridgehead atoms. The van der Waals surface area contributed by atoms with Crippen LogP contribution in [0.5, 0.6) is 17.2 Å². The Bertz CT molecular complexity index is 1710. The van der Waals surface area contributed by atoms with Crippen LogP contribution in [-0.4, -0.2) is 37.2 Å². The SMILES string of the molecule is COc1cc(Nc2nc(N)c(-c3nc(-c4cccc(NC(=O)c5ccc(C)c(Br)c5)c4)cs3)s2)cc(OC)c1OC. The van der Waals surface area contributed by atoms with Gasteiger partial charge in [-0.05, 0) is 36.8 Å². The predicted octanol–water partition coefficient (Wildman–Crippen LogP) is 7.61. The molecule has 9 nitrogen and oxygen atoms in total. The fourth-order valence-corrected chi connectivity index (χ4v) is 6.23. The third-order valence-corrected chi connectivity index (χ3v) is 8.95. The van der Waals surface area contributed by atoms with Crippen LogP contribution >= 0.6 is 38.6 Å². The predicted molar refractivity (Wildman–Crippen MR) is 169 cm³/mol. The van der Waals surface area contributed by atoms with Crippen LogP contribution in [0.3, 0.4) is 0 Å². The minimum Gasteiger partial charge on any atom is -0.493 e. The van der Waals surface area contributed by atoms with E-state index in [-0.39, 0.29) is 5.91 Å². The molecular formula is C29H26BrN5O4S2. The van der Waals surface area contributed by atoms with Gasteiger partial charge in [0.05, 0.1) is 27.0 Å². The molecule has 0 aliphatic heterocycles. The molecule has 0 fully saturated rings. The van der Waals surface area contributed by atoms with E-state index >= 15 is 0 Å². The number of rotatable bonds is 9. The summed E-state index contributed by atoms with van der Waals surface area (Å²) in [5.41, 5.74) is 10.9. The highest BCUT2D eigenvalue weighted by atomic mass is 79.9. The van der Waals surface area contributed by atoms with Crippen molar-refractivity contribution in [3.05, 3.63) is 75.6 Å². The number of nitrogens with two attached hydrogens (primary N) is 1. The number of hydrogen-bond donors (Lipinski definition) is 3. The van der Waals surface area contributed by atoms with Gasteiger partial charge in [-0.3, -0.25) is 4.79 Å². The Labute approximate surface area is 253 Å². The van der Waals surface area contributed by atoms with Crippen molar-refractivity contribution < 1.29 is 19.0 Å². The number of amides is 1. The topological polar surface area (TPSA) is 121 Å². The molecule has 0 aliphatic rings. The van der Waals surface area contributed by atoms with E-state index in [2.05, 4.69) is 31.5 Å². The van der Waals surface area contributed by atoms with Crippen molar-refractivity contribution in [3.8, 4) is 38.4 Å². The lowest BCUT2D eigenvalue weighted by Crippen LogP contribution is -2.12. The standard InChI is InChI=1S/C29H26BrN5O4S2/c1-15-8-9-17(11-20(15)30)27(36)32-18-7-5-6-16(10-18)21-14-40-28(34-21)25-26(31)35-29(41-25)33-19-12-22(37-2)24(39-4)23(13-19)38-3/h5-14H,31H2,1-4H3,(H,32,36)(H,33,35). The first-order valence-electron chi connectivity index (χ1n) is 12.3. The van der Waals surface area contributed by atoms with Gasteiger partial charge in [-0.15, -0.1) is 11.3 Å². The van der Waals surface area contributed by atoms with Crippen molar-refractivity contribution in [3.63, 3.8) is 0 Å². The highest BCUT2D eigenvalue weighted by molar-refractivity contribution is 9.10. The molecule has 0 saturated carbocycles. The Kier molecular flexibility index (Phi) is 8.43. The molecule has 4 N–H and O–H groups in total. The molecule has 2 heterocycles. The average molecular weight is 653 g/mol. The average Bonchev–Trinajstić information content (AvgIpc) is 3.60. The molecule has 5 rings (SSSR count). The van der Waals surface area contributed by atoms with Crippen LogP contribution < -0.4 is 30.6 Å². The normalized spacial score (nSPS) is 10.8. The van der Waals surface area contributed by atoms with E-state index in [1.807, 2.05) is 48.7 Å². The number of nitrogens with one attached hydrogen (secondary N) is 2. The number of aromatic nitrogens is 2. The first-order chi connectivity index (χ1) is 19.8. The van der Waals surface area contributed by atoms with E-state index in [4.69, 9.17) is 24.9 Å². The van der Waals surface area contributed by atoms with Crippen LogP contribution in [0, 0.1) is 6.92 Å². The van der Waals surface area contributed by atoms with Crippen LogP contribution in [0.15, 0.2) is 64.5 Å². The Morgan fingerprint density at radius 2 is 1.71 bits per heavy atom. The molecule has 0 saturated heterocycles. The maximum atomic E-state index is 12.8. The van der Waals surface area contributed by atoms with Gasteiger partial charge in [0.2, 0.25) is 5.75 Å². The number of anilines is 4. The summed E-state index contributed by atoms with van der Waals surface area (Å²) in [7, 11) is 4.68. The van der Waals surface area contributed by atoms with E-state index in [9.17, 15) is 4.79 Å². The van der Waals surface area contributed by atoms with E-state index in [1.165, 1.54) is 22.7 Å². The van der Waals surface area contributed by atoms with Gasteiger partial charge in [0, 0.05) is 44.5 Å². The Balaban J connectivity index is 1.34. The third-order valence-electron chi connectivity index (χ3n) is 6.12. The number of ether oxygens (including phenoxy) is 3. The van der Waals surface area contributed by atoms with Crippen molar-refractivity contribution in [1.29, 1.82) is 0 Å². The van der Waals surface area contributed by atoms with Crippen molar-refractivity contribution >= 4 is 66.8 Å². The Morgan fingerprint density at radius 3 is 2.39 bits per heavy atom. The summed E-state index contributed by atoms with van der Waals surface area (Å²) in [5.74, 6) is 1.73. The molecule has 1 amide bonds. The summed E-state index contributed by atoms with van der Waals surface area (Å²) in [5, 5.41) is 9.52. The van der Waals surface area contributed by atoms with Gasteiger partial charge < -0.3 is 30.6 Å². The maximum Gasteiger partial charge on any atom is 0.255 e. The number of aryl methyl sites for hydroxylation is 1. The third kappa shape index (κ3) is 6.14. The summed E-state index contributed by atoms with van der Waals surface area (Å²) in [6.07, 6.45) is 0. The number of benzene rings is 3. The number of nitrogen functional groups attached to an aromatic ring is 1. The van der Waals surface area contributed by atoms with Crippen LogP contribution in [0.4, 0.5) is 22.3 Å². The minimum atomic E-state index is -0.189. The lowest BCUT2D eigenvalue weighted by molar-refractivity contribution is 0.102. The van der Waals surface area contributed by atoms with Gasteiger partial charge in [0.15, 0.2) is 16.6 Å². The summed E-state index contributed by atoms with van der Waals surface area (Å²) in [6.45, 7) is 1.98. The fraction of sp³-hybridized carbons (Fsp3) is 0.138. The fourth-order valence-electron chi connectivity index (χ4n) is 4.02. The van der Waals surface area contributed by atoms with Gasteiger partial charge in [0.25, 0.3) is 5.91 Å².